The third kappa shape index (κ3) is 3.28. The first-order valence-corrected chi connectivity index (χ1v) is 7.09. The SMILES string of the molecule is CCC(C)CNS(=O)(=O)c1cccc(F)c1C#N. The molecule has 0 spiro atoms. The first kappa shape index (κ1) is 14.6. The lowest BCUT2D eigenvalue weighted by Crippen LogP contribution is -2.29. The predicted molar refractivity (Wildman–Crippen MR) is 65.8 cm³/mol. The Balaban J connectivity index is 3.07. The molecule has 1 N–H and O–H groups in total. The van der Waals surface area contributed by atoms with Crippen LogP contribution in [-0.4, -0.2) is 15.0 Å². The fraction of sp³-hybridized carbons (Fsp3) is 0.417. The summed E-state index contributed by atoms with van der Waals surface area (Å²) in [6.07, 6.45) is 0.830. The average molecular weight is 270 g/mol. The number of halogens is 1. The molecule has 1 aromatic carbocycles. The van der Waals surface area contributed by atoms with Crippen molar-refractivity contribution in [3.8, 4) is 6.07 Å². The molecule has 0 fully saturated rings. The molecule has 18 heavy (non-hydrogen) atoms. The Hall–Kier alpha value is -1.45. The Bertz CT molecular complexity index is 564. The van der Waals surface area contributed by atoms with Crippen molar-refractivity contribution < 1.29 is 12.8 Å². The van der Waals surface area contributed by atoms with Gasteiger partial charge in [-0.3, -0.25) is 0 Å². The topological polar surface area (TPSA) is 70.0 Å². The summed E-state index contributed by atoms with van der Waals surface area (Å²) >= 11 is 0. The summed E-state index contributed by atoms with van der Waals surface area (Å²) in [4.78, 5) is -0.312. The molecule has 0 saturated heterocycles. The van der Waals surface area contributed by atoms with Crippen LogP contribution in [0.3, 0.4) is 0 Å². The van der Waals surface area contributed by atoms with Crippen molar-refractivity contribution >= 4 is 10.0 Å². The first-order chi connectivity index (χ1) is 8.42. The van der Waals surface area contributed by atoms with E-state index in [4.69, 9.17) is 5.26 Å². The van der Waals surface area contributed by atoms with Crippen LogP contribution in [0.15, 0.2) is 23.1 Å². The van der Waals surface area contributed by atoms with Crippen molar-refractivity contribution in [2.75, 3.05) is 6.54 Å². The lowest BCUT2D eigenvalue weighted by molar-refractivity contribution is 0.527. The molecule has 0 amide bonds. The molecule has 98 valence electrons. The van der Waals surface area contributed by atoms with E-state index in [0.29, 0.717) is 0 Å². The molecule has 0 aliphatic heterocycles. The lowest BCUT2D eigenvalue weighted by atomic mass is 10.1. The second-order valence-electron chi connectivity index (χ2n) is 4.09. The van der Waals surface area contributed by atoms with E-state index in [9.17, 15) is 12.8 Å². The number of hydrogen-bond donors (Lipinski definition) is 1. The zero-order valence-electron chi connectivity index (χ0n) is 10.3. The average Bonchev–Trinajstić information content (AvgIpc) is 2.35. The number of benzene rings is 1. The summed E-state index contributed by atoms with van der Waals surface area (Å²) in [5.41, 5.74) is -0.450. The van der Waals surface area contributed by atoms with Crippen LogP contribution in [0.25, 0.3) is 0 Å². The number of nitrogens with zero attached hydrogens (tertiary/aromatic N) is 1. The van der Waals surface area contributed by atoms with Crippen molar-refractivity contribution in [2.24, 2.45) is 5.92 Å². The molecule has 1 unspecified atom stereocenters. The van der Waals surface area contributed by atoms with Crippen LogP contribution in [0.2, 0.25) is 0 Å². The molecule has 0 radical (unpaired) electrons. The first-order valence-electron chi connectivity index (χ1n) is 5.60. The van der Waals surface area contributed by atoms with Gasteiger partial charge in [-0.2, -0.15) is 5.26 Å². The van der Waals surface area contributed by atoms with E-state index in [1.165, 1.54) is 12.1 Å². The fourth-order valence-electron chi connectivity index (χ4n) is 1.31. The standard InChI is InChI=1S/C12H15FN2O2S/c1-3-9(2)8-15-18(16,17)12-6-4-5-11(13)10(12)7-14/h4-6,9,15H,3,8H2,1-2H3. The van der Waals surface area contributed by atoms with Gasteiger partial charge in [-0.1, -0.05) is 26.3 Å². The van der Waals surface area contributed by atoms with Crippen molar-refractivity contribution in [3.63, 3.8) is 0 Å². The fourth-order valence-corrected chi connectivity index (χ4v) is 2.64. The monoisotopic (exact) mass is 270 g/mol. The molecule has 1 aromatic rings. The highest BCUT2D eigenvalue weighted by molar-refractivity contribution is 7.89. The molecule has 0 bridgehead atoms. The van der Waals surface area contributed by atoms with E-state index in [1.54, 1.807) is 6.07 Å². The molecule has 1 atom stereocenters. The smallest absolute Gasteiger partial charge is 0.211 e. The molecular formula is C12H15FN2O2S. The highest BCUT2D eigenvalue weighted by Gasteiger charge is 2.21. The van der Waals surface area contributed by atoms with Crippen LogP contribution in [0.4, 0.5) is 4.39 Å². The number of hydrogen-bond acceptors (Lipinski definition) is 3. The van der Waals surface area contributed by atoms with Crippen LogP contribution >= 0.6 is 0 Å². The largest absolute Gasteiger partial charge is 0.242 e. The molecule has 4 nitrogen and oxygen atoms in total. The highest BCUT2D eigenvalue weighted by Crippen LogP contribution is 2.18. The van der Waals surface area contributed by atoms with Gasteiger partial charge in [0.05, 0.1) is 0 Å². The normalized spacial score (nSPS) is 13.0. The maximum absolute atomic E-state index is 13.3. The summed E-state index contributed by atoms with van der Waals surface area (Å²) < 4.78 is 39.6. The minimum absolute atomic E-state index is 0.180. The van der Waals surface area contributed by atoms with Crippen molar-refractivity contribution in [2.45, 2.75) is 25.2 Å². The van der Waals surface area contributed by atoms with Gasteiger partial charge in [0.15, 0.2) is 0 Å². The molecule has 1 rings (SSSR count). The summed E-state index contributed by atoms with van der Waals surface area (Å²) in [6.45, 7) is 4.11. The zero-order chi connectivity index (χ0) is 13.8. The Kier molecular flexibility index (Phi) is 4.82. The van der Waals surface area contributed by atoms with E-state index in [1.807, 2.05) is 13.8 Å². The Morgan fingerprint density at radius 1 is 1.50 bits per heavy atom. The maximum Gasteiger partial charge on any atom is 0.242 e. The van der Waals surface area contributed by atoms with E-state index >= 15 is 0 Å². The van der Waals surface area contributed by atoms with Crippen molar-refractivity contribution in [3.05, 3.63) is 29.6 Å². The van der Waals surface area contributed by atoms with Gasteiger partial charge in [-0.15, -0.1) is 0 Å². The number of nitrogens with one attached hydrogen (secondary N) is 1. The van der Waals surface area contributed by atoms with Crippen LogP contribution < -0.4 is 4.72 Å². The minimum Gasteiger partial charge on any atom is -0.211 e. The predicted octanol–water partition coefficient (Wildman–Crippen LogP) is 2.02. The molecule has 0 aliphatic rings. The molecule has 0 aromatic heterocycles. The van der Waals surface area contributed by atoms with E-state index in [2.05, 4.69) is 4.72 Å². The van der Waals surface area contributed by atoms with Crippen LogP contribution in [0.1, 0.15) is 25.8 Å². The summed E-state index contributed by atoms with van der Waals surface area (Å²) in [5, 5.41) is 8.80. The maximum atomic E-state index is 13.3. The quantitative estimate of drug-likeness (QED) is 0.889. The second kappa shape index (κ2) is 5.94. The Morgan fingerprint density at radius 2 is 2.17 bits per heavy atom. The van der Waals surface area contributed by atoms with Crippen LogP contribution in [0, 0.1) is 23.1 Å². The summed E-state index contributed by atoms with van der Waals surface area (Å²) in [6, 6.07) is 5.13. The molecule has 0 heterocycles. The van der Waals surface area contributed by atoms with Crippen LogP contribution in [0.5, 0.6) is 0 Å². The Labute approximate surface area is 106 Å². The van der Waals surface area contributed by atoms with Gasteiger partial charge >= 0.3 is 0 Å². The van der Waals surface area contributed by atoms with Gasteiger partial charge in [-0.05, 0) is 18.1 Å². The van der Waals surface area contributed by atoms with Crippen molar-refractivity contribution in [1.82, 2.24) is 4.72 Å². The van der Waals surface area contributed by atoms with Gasteiger partial charge in [0.25, 0.3) is 0 Å². The van der Waals surface area contributed by atoms with Gasteiger partial charge in [0, 0.05) is 6.54 Å². The van der Waals surface area contributed by atoms with Crippen molar-refractivity contribution in [1.29, 1.82) is 5.26 Å². The van der Waals surface area contributed by atoms with Gasteiger partial charge in [0.1, 0.15) is 22.3 Å². The summed E-state index contributed by atoms with van der Waals surface area (Å²) in [7, 11) is -3.84. The van der Waals surface area contributed by atoms with E-state index < -0.39 is 21.4 Å². The molecule has 0 saturated carbocycles. The summed E-state index contributed by atoms with van der Waals surface area (Å²) in [5.74, 6) is -0.650. The number of rotatable bonds is 5. The Morgan fingerprint density at radius 3 is 2.72 bits per heavy atom. The van der Waals surface area contributed by atoms with E-state index in [-0.39, 0.29) is 17.4 Å². The number of sulfonamides is 1. The van der Waals surface area contributed by atoms with Gasteiger partial charge in [0.2, 0.25) is 10.0 Å². The molecule has 0 aliphatic carbocycles. The minimum atomic E-state index is -3.84. The zero-order valence-corrected chi connectivity index (χ0v) is 11.1. The number of nitriles is 1. The van der Waals surface area contributed by atoms with Gasteiger partial charge in [-0.25, -0.2) is 17.5 Å². The molecule has 6 heteroatoms. The third-order valence-electron chi connectivity index (χ3n) is 2.70. The molecular weight excluding hydrogens is 255 g/mol. The highest BCUT2D eigenvalue weighted by atomic mass is 32.2. The van der Waals surface area contributed by atoms with Gasteiger partial charge < -0.3 is 0 Å². The third-order valence-corrected chi connectivity index (χ3v) is 4.16. The second-order valence-corrected chi connectivity index (χ2v) is 5.83. The van der Waals surface area contributed by atoms with Crippen LogP contribution in [-0.2, 0) is 10.0 Å². The van der Waals surface area contributed by atoms with E-state index in [0.717, 1.165) is 12.5 Å². The lowest BCUT2D eigenvalue weighted by Gasteiger charge is -2.11.